The highest BCUT2D eigenvalue weighted by atomic mass is 16.5. The SMILES string of the molecule is COc1cc2ncn(CCCC(=O)N(C)Cc3ccc(C)cc3)c(=O)c2cc1OC. The molecule has 158 valence electrons. The molecule has 0 atom stereocenters. The molecule has 0 saturated carbocycles. The van der Waals surface area contributed by atoms with Crippen molar-refractivity contribution in [2.75, 3.05) is 21.3 Å². The molecule has 0 spiro atoms. The van der Waals surface area contributed by atoms with Crippen LogP contribution in [0.5, 0.6) is 11.5 Å². The molecular weight excluding hydrogens is 382 g/mol. The van der Waals surface area contributed by atoms with Gasteiger partial charge in [0.1, 0.15) is 0 Å². The summed E-state index contributed by atoms with van der Waals surface area (Å²) >= 11 is 0. The van der Waals surface area contributed by atoms with E-state index in [0.717, 1.165) is 5.56 Å². The Morgan fingerprint density at radius 2 is 1.77 bits per heavy atom. The van der Waals surface area contributed by atoms with Gasteiger partial charge in [0.05, 0.1) is 31.4 Å². The van der Waals surface area contributed by atoms with Gasteiger partial charge >= 0.3 is 0 Å². The highest BCUT2D eigenvalue weighted by Crippen LogP contribution is 2.29. The molecule has 3 rings (SSSR count). The first-order valence-corrected chi connectivity index (χ1v) is 9.83. The van der Waals surface area contributed by atoms with E-state index in [1.54, 1.807) is 24.1 Å². The van der Waals surface area contributed by atoms with E-state index in [1.807, 2.05) is 31.2 Å². The van der Waals surface area contributed by atoms with Crippen LogP contribution in [0.15, 0.2) is 47.5 Å². The molecule has 0 bridgehead atoms. The molecule has 2 aromatic carbocycles. The fourth-order valence-corrected chi connectivity index (χ4v) is 3.29. The number of ether oxygens (including phenoxy) is 2. The number of hydrogen-bond acceptors (Lipinski definition) is 5. The molecule has 7 nitrogen and oxygen atoms in total. The van der Waals surface area contributed by atoms with Crippen molar-refractivity contribution >= 4 is 16.8 Å². The van der Waals surface area contributed by atoms with Crippen LogP contribution in [0.3, 0.4) is 0 Å². The van der Waals surface area contributed by atoms with Crippen molar-refractivity contribution in [3.05, 3.63) is 64.2 Å². The Labute approximate surface area is 175 Å². The van der Waals surface area contributed by atoms with Crippen molar-refractivity contribution in [1.82, 2.24) is 14.5 Å². The summed E-state index contributed by atoms with van der Waals surface area (Å²) in [7, 11) is 4.86. The number of benzene rings is 2. The zero-order chi connectivity index (χ0) is 21.7. The summed E-state index contributed by atoms with van der Waals surface area (Å²) in [6, 6.07) is 11.5. The summed E-state index contributed by atoms with van der Waals surface area (Å²) in [6.45, 7) is 3.02. The Bertz CT molecular complexity index is 1090. The molecule has 3 aromatic rings. The van der Waals surface area contributed by atoms with Crippen LogP contribution in [-0.4, -0.2) is 41.6 Å². The standard InChI is InChI=1S/C23H27N3O4/c1-16-7-9-17(10-8-16)14-25(2)22(27)6-5-11-26-15-24-19-13-21(30-4)20(29-3)12-18(19)23(26)28/h7-10,12-13,15H,5-6,11,14H2,1-4H3. The smallest absolute Gasteiger partial charge is 0.261 e. The molecule has 0 aliphatic carbocycles. The monoisotopic (exact) mass is 409 g/mol. The number of methoxy groups -OCH3 is 2. The van der Waals surface area contributed by atoms with Gasteiger partial charge in [-0.05, 0) is 25.0 Å². The number of nitrogens with zero attached hydrogens (tertiary/aromatic N) is 3. The van der Waals surface area contributed by atoms with Gasteiger partial charge in [-0.15, -0.1) is 0 Å². The van der Waals surface area contributed by atoms with Gasteiger partial charge < -0.3 is 14.4 Å². The van der Waals surface area contributed by atoms with Crippen LogP contribution >= 0.6 is 0 Å². The molecule has 0 unspecified atom stereocenters. The average molecular weight is 409 g/mol. The first kappa shape index (κ1) is 21.4. The van der Waals surface area contributed by atoms with Gasteiger partial charge in [0, 0.05) is 32.6 Å². The second kappa shape index (κ2) is 9.43. The van der Waals surface area contributed by atoms with Crippen molar-refractivity contribution in [3.63, 3.8) is 0 Å². The maximum atomic E-state index is 12.8. The number of fused-ring (bicyclic) bond motifs is 1. The summed E-state index contributed by atoms with van der Waals surface area (Å²) in [5, 5.41) is 0.456. The Balaban J connectivity index is 1.63. The zero-order valence-electron chi connectivity index (χ0n) is 17.8. The topological polar surface area (TPSA) is 73.7 Å². The first-order valence-electron chi connectivity index (χ1n) is 9.83. The minimum atomic E-state index is -0.165. The van der Waals surface area contributed by atoms with E-state index in [0.29, 0.717) is 48.3 Å². The summed E-state index contributed by atoms with van der Waals surface area (Å²) in [5.74, 6) is 1.05. The van der Waals surface area contributed by atoms with Gasteiger partial charge in [0.15, 0.2) is 11.5 Å². The van der Waals surface area contributed by atoms with Gasteiger partial charge in [0.2, 0.25) is 5.91 Å². The fourth-order valence-electron chi connectivity index (χ4n) is 3.29. The first-order chi connectivity index (χ1) is 14.4. The third-order valence-corrected chi connectivity index (χ3v) is 5.09. The van der Waals surface area contributed by atoms with E-state index in [4.69, 9.17) is 9.47 Å². The average Bonchev–Trinajstić information content (AvgIpc) is 2.75. The summed E-state index contributed by atoms with van der Waals surface area (Å²) < 4.78 is 12.1. The fraction of sp³-hybridized carbons (Fsp3) is 0.348. The lowest BCUT2D eigenvalue weighted by molar-refractivity contribution is -0.130. The number of carbonyl (C=O) groups is 1. The molecule has 0 radical (unpaired) electrons. The highest BCUT2D eigenvalue weighted by Gasteiger charge is 2.12. The summed E-state index contributed by atoms with van der Waals surface area (Å²) in [4.78, 5) is 31.3. The van der Waals surface area contributed by atoms with Crippen molar-refractivity contribution in [2.45, 2.75) is 32.9 Å². The largest absolute Gasteiger partial charge is 0.493 e. The Hall–Kier alpha value is -3.35. The summed E-state index contributed by atoms with van der Waals surface area (Å²) in [5.41, 5.74) is 2.67. The van der Waals surface area contributed by atoms with E-state index < -0.39 is 0 Å². The van der Waals surface area contributed by atoms with E-state index in [9.17, 15) is 9.59 Å². The molecule has 1 aromatic heterocycles. The second-order valence-corrected chi connectivity index (χ2v) is 7.31. The third kappa shape index (κ3) is 4.79. The molecule has 7 heteroatoms. The van der Waals surface area contributed by atoms with Crippen molar-refractivity contribution in [1.29, 1.82) is 0 Å². The van der Waals surface area contributed by atoms with Crippen LogP contribution in [0.1, 0.15) is 24.0 Å². The van der Waals surface area contributed by atoms with Gasteiger partial charge in [-0.2, -0.15) is 0 Å². The molecule has 0 N–H and O–H groups in total. The van der Waals surface area contributed by atoms with Crippen molar-refractivity contribution in [2.24, 2.45) is 0 Å². The van der Waals surface area contributed by atoms with E-state index in [1.165, 1.54) is 30.7 Å². The summed E-state index contributed by atoms with van der Waals surface area (Å²) in [6.07, 6.45) is 2.42. The molecular formula is C23H27N3O4. The van der Waals surface area contributed by atoms with Crippen LogP contribution in [-0.2, 0) is 17.9 Å². The minimum Gasteiger partial charge on any atom is -0.493 e. The third-order valence-electron chi connectivity index (χ3n) is 5.09. The molecule has 0 saturated heterocycles. The van der Waals surface area contributed by atoms with Crippen LogP contribution in [0.2, 0.25) is 0 Å². The molecule has 0 aliphatic rings. The normalized spacial score (nSPS) is 10.8. The van der Waals surface area contributed by atoms with E-state index >= 15 is 0 Å². The second-order valence-electron chi connectivity index (χ2n) is 7.31. The van der Waals surface area contributed by atoms with Crippen molar-refractivity contribution in [3.8, 4) is 11.5 Å². The van der Waals surface area contributed by atoms with E-state index in [-0.39, 0.29) is 11.5 Å². The number of aryl methyl sites for hydroxylation is 2. The van der Waals surface area contributed by atoms with Crippen LogP contribution in [0, 0.1) is 6.92 Å². The minimum absolute atomic E-state index is 0.0452. The van der Waals surface area contributed by atoms with Gasteiger partial charge in [-0.25, -0.2) is 4.98 Å². The maximum Gasteiger partial charge on any atom is 0.261 e. The number of carbonyl (C=O) groups excluding carboxylic acids is 1. The molecule has 1 amide bonds. The van der Waals surface area contributed by atoms with Crippen molar-refractivity contribution < 1.29 is 14.3 Å². The van der Waals surface area contributed by atoms with Crippen LogP contribution < -0.4 is 15.0 Å². The Morgan fingerprint density at radius 1 is 1.10 bits per heavy atom. The molecule has 30 heavy (non-hydrogen) atoms. The van der Waals surface area contributed by atoms with Crippen LogP contribution in [0.25, 0.3) is 10.9 Å². The lowest BCUT2D eigenvalue weighted by atomic mass is 10.1. The Morgan fingerprint density at radius 3 is 2.43 bits per heavy atom. The predicted octanol–water partition coefficient (Wildman–Crippen LogP) is 3.16. The number of aromatic nitrogens is 2. The number of rotatable bonds is 8. The molecule has 0 aliphatic heterocycles. The maximum absolute atomic E-state index is 12.8. The lowest BCUT2D eigenvalue weighted by Gasteiger charge is -2.17. The zero-order valence-corrected chi connectivity index (χ0v) is 17.8. The van der Waals surface area contributed by atoms with Crippen LogP contribution in [0.4, 0.5) is 0 Å². The van der Waals surface area contributed by atoms with Gasteiger partial charge in [-0.3, -0.25) is 14.2 Å². The number of hydrogen-bond donors (Lipinski definition) is 0. The Kier molecular flexibility index (Phi) is 6.72. The van der Waals surface area contributed by atoms with Gasteiger partial charge in [-0.1, -0.05) is 29.8 Å². The lowest BCUT2D eigenvalue weighted by Crippen LogP contribution is -2.27. The number of amides is 1. The van der Waals surface area contributed by atoms with E-state index in [2.05, 4.69) is 4.98 Å². The van der Waals surface area contributed by atoms with Gasteiger partial charge in [0.25, 0.3) is 5.56 Å². The molecule has 1 heterocycles. The molecule has 0 fully saturated rings. The highest BCUT2D eigenvalue weighted by molar-refractivity contribution is 5.81. The quantitative estimate of drug-likeness (QED) is 0.571. The predicted molar refractivity (Wildman–Crippen MR) is 116 cm³/mol.